The third kappa shape index (κ3) is 4.56. The molecule has 1 aliphatic rings. The smallest absolute Gasteiger partial charge is 0.293 e. The highest BCUT2D eigenvalue weighted by molar-refractivity contribution is 9.10. The first-order valence-corrected chi connectivity index (χ1v) is 12.8. The fourth-order valence-corrected chi connectivity index (χ4v) is 5.64. The summed E-state index contributed by atoms with van der Waals surface area (Å²) in [5.74, 6) is -0.289. The Bertz CT molecular complexity index is 1480. The number of hydrogen-bond acceptors (Lipinski definition) is 3. The van der Waals surface area contributed by atoms with Crippen LogP contribution in [0.2, 0.25) is 10.0 Å². The van der Waals surface area contributed by atoms with Gasteiger partial charge in [0.2, 0.25) is 0 Å². The summed E-state index contributed by atoms with van der Waals surface area (Å²) >= 11 is 16.9. The highest BCUT2D eigenvalue weighted by Crippen LogP contribution is 2.36. The van der Waals surface area contributed by atoms with Gasteiger partial charge in [-0.1, -0.05) is 81.6 Å². The average Bonchev–Trinajstić information content (AvgIpc) is 3.29. The molecule has 0 spiro atoms. The lowest BCUT2D eigenvalue weighted by molar-refractivity contribution is -0.123. The summed E-state index contributed by atoms with van der Waals surface area (Å²) in [7, 11) is 0. The Morgan fingerprint density at radius 1 is 0.912 bits per heavy atom. The summed E-state index contributed by atoms with van der Waals surface area (Å²) in [6.07, 6.45) is 3.78. The lowest BCUT2D eigenvalue weighted by Gasteiger charge is -2.13. The Hall–Kier alpha value is -2.51. The average molecular weight is 572 g/mol. The van der Waals surface area contributed by atoms with E-state index >= 15 is 0 Å². The third-order valence-electron chi connectivity index (χ3n) is 5.62. The minimum Gasteiger partial charge on any atom is -0.342 e. The van der Waals surface area contributed by atoms with Gasteiger partial charge in [-0.15, -0.1) is 0 Å². The zero-order chi connectivity index (χ0) is 23.8. The molecule has 1 fully saturated rings. The van der Waals surface area contributed by atoms with Crippen LogP contribution in [0, 0.1) is 0 Å². The fraction of sp³-hybridized carbons (Fsp3) is 0.0769. The molecule has 34 heavy (non-hydrogen) atoms. The van der Waals surface area contributed by atoms with Crippen molar-refractivity contribution in [2.45, 2.75) is 13.1 Å². The molecule has 4 aromatic rings. The van der Waals surface area contributed by atoms with Gasteiger partial charge in [-0.3, -0.25) is 14.5 Å². The van der Waals surface area contributed by atoms with Crippen LogP contribution in [0.25, 0.3) is 17.0 Å². The summed E-state index contributed by atoms with van der Waals surface area (Å²) in [4.78, 5) is 27.5. The predicted octanol–water partition coefficient (Wildman–Crippen LogP) is 8.00. The molecule has 2 heterocycles. The van der Waals surface area contributed by atoms with Gasteiger partial charge >= 0.3 is 0 Å². The summed E-state index contributed by atoms with van der Waals surface area (Å²) in [5.41, 5.74) is 3.69. The minimum absolute atomic E-state index is 0.222. The van der Waals surface area contributed by atoms with E-state index in [1.807, 2.05) is 66.9 Å². The van der Waals surface area contributed by atoms with Crippen molar-refractivity contribution in [2.24, 2.45) is 0 Å². The van der Waals surface area contributed by atoms with Gasteiger partial charge in [0.1, 0.15) is 0 Å². The van der Waals surface area contributed by atoms with E-state index in [0.29, 0.717) is 21.5 Å². The molecule has 0 saturated carbocycles. The number of nitrogens with zero attached hydrogens (tertiary/aromatic N) is 2. The van der Waals surface area contributed by atoms with Crippen LogP contribution in [0.15, 0.2) is 82.3 Å². The van der Waals surface area contributed by atoms with Crippen molar-refractivity contribution in [3.05, 3.63) is 109 Å². The molecular formula is C26H17BrCl2N2O2S. The van der Waals surface area contributed by atoms with E-state index in [0.717, 1.165) is 43.8 Å². The van der Waals surface area contributed by atoms with E-state index < -0.39 is 0 Å². The molecule has 1 saturated heterocycles. The zero-order valence-electron chi connectivity index (χ0n) is 17.7. The Kier molecular flexibility index (Phi) is 6.58. The van der Waals surface area contributed by atoms with Crippen molar-refractivity contribution in [3.63, 3.8) is 0 Å². The first-order chi connectivity index (χ1) is 16.4. The number of para-hydroxylation sites is 1. The van der Waals surface area contributed by atoms with E-state index in [2.05, 4.69) is 20.5 Å². The third-order valence-corrected chi connectivity index (χ3v) is 7.89. The zero-order valence-corrected chi connectivity index (χ0v) is 21.6. The Balaban J connectivity index is 1.48. The maximum Gasteiger partial charge on any atom is 0.293 e. The second kappa shape index (κ2) is 9.62. The summed E-state index contributed by atoms with van der Waals surface area (Å²) in [6.45, 7) is 0.772. The number of fused-ring (bicyclic) bond motifs is 1. The molecule has 2 amide bonds. The molecule has 0 atom stereocenters. The van der Waals surface area contributed by atoms with E-state index in [4.69, 9.17) is 23.2 Å². The van der Waals surface area contributed by atoms with Crippen molar-refractivity contribution in [3.8, 4) is 0 Å². The fourth-order valence-electron chi connectivity index (χ4n) is 3.93. The Morgan fingerprint density at radius 2 is 1.68 bits per heavy atom. The number of hydrogen-bond donors (Lipinski definition) is 0. The molecule has 170 valence electrons. The normalized spacial score (nSPS) is 15.1. The van der Waals surface area contributed by atoms with Gasteiger partial charge in [0, 0.05) is 43.7 Å². The second-order valence-corrected chi connectivity index (χ2v) is 10.5. The quantitative estimate of drug-likeness (QED) is 0.228. The van der Waals surface area contributed by atoms with E-state index in [1.54, 1.807) is 12.1 Å². The molecule has 8 heteroatoms. The van der Waals surface area contributed by atoms with Gasteiger partial charge in [-0.25, -0.2) is 0 Å². The number of thioether (sulfide) groups is 1. The summed E-state index contributed by atoms with van der Waals surface area (Å²) < 4.78 is 2.95. The maximum absolute atomic E-state index is 13.1. The Labute approximate surface area is 219 Å². The molecular weight excluding hydrogens is 555 g/mol. The van der Waals surface area contributed by atoms with Crippen molar-refractivity contribution in [1.29, 1.82) is 0 Å². The van der Waals surface area contributed by atoms with Gasteiger partial charge in [0.25, 0.3) is 11.1 Å². The number of carbonyl (C=O) groups is 2. The largest absolute Gasteiger partial charge is 0.342 e. The molecule has 0 aliphatic carbocycles. The number of imide groups is 1. The lowest BCUT2D eigenvalue weighted by atomic mass is 10.1. The molecule has 1 aliphatic heterocycles. The van der Waals surface area contributed by atoms with Crippen LogP contribution in [-0.4, -0.2) is 20.6 Å². The van der Waals surface area contributed by atoms with Crippen LogP contribution in [0.5, 0.6) is 0 Å². The van der Waals surface area contributed by atoms with Crippen LogP contribution in [-0.2, 0) is 17.9 Å². The maximum atomic E-state index is 13.1. The standard InChI is InChI=1S/C26H17BrCl2N2O2S/c27-21-7-3-1-5-16(21)15-31-25(32)24(34-26(31)33)11-18-14-30(23-8-4-2-6-20(18)23)13-17-9-10-19(28)12-22(17)29/h1-12,14H,13,15H2/b24-11-. The number of carbonyl (C=O) groups excluding carboxylic acids is 2. The minimum atomic E-state index is -0.289. The van der Waals surface area contributed by atoms with Crippen LogP contribution in [0.4, 0.5) is 4.79 Å². The molecule has 1 aromatic heterocycles. The van der Waals surface area contributed by atoms with Gasteiger partial charge in [-0.05, 0) is 53.2 Å². The topological polar surface area (TPSA) is 42.3 Å². The number of amides is 2. The monoisotopic (exact) mass is 570 g/mol. The van der Waals surface area contributed by atoms with Crippen molar-refractivity contribution in [1.82, 2.24) is 9.47 Å². The molecule has 0 radical (unpaired) electrons. The van der Waals surface area contributed by atoms with Crippen molar-refractivity contribution >= 4 is 79.0 Å². The van der Waals surface area contributed by atoms with Crippen LogP contribution in [0.1, 0.15) is 16.7 Å². The first kappa shape index (κ1) is 23.2. The van der Waals surface area contributed by atoms with E-state index in [1.165, 1.54) is 4.90 Å². The van der Waals surface area contributed by atoms with Crippen molar-refractivity contribution in [2.75, 3.05) is 0 Å². The van der Waals surface area contributed by atoms with Crippen LogP contribution in [0.3, 0.4) is 0 Å². The summed E-state index contributed by atoms with van der Waals surface area (Å²) in [6, 6.07) is 21.0. The SMILES string of the molecule is O=C1S/C(=C\c2cn(Cc3ccc(Cl)cc3Cl)c3ccccc23)C(=O)N1Cc1ccccc1Br. The number of halogens is 3. The van der Waals surface area contributed by atoms with Gasteiger partial charge in [0.05, 0.1) is 11.4 Å². The Morgan fingerprint density at radius 3 is 2.47 bits per heavy atom. The molecule has 0 bridgehead atoms. The second-order valence-electron chi connectivity index (χ2n) is 7.82. The van der Waals surface area contributed by atoms with E-state index in [9.17, 15) is 9.59 Å². The summed E-state index contributed by atoms with van der Waals surface area (Å²) in [5, 5.41) is 1.90. The molecule has 0 unspecified atom stereocenters. The highest BCUT2D eigenvalue weighted by Gasteiger charge is 2.35. The number of aromatic nitrogens is 1. The predicted molar refractivity (Wildman–Crippen MR) is 143 cm³/mol. The number of rotatable bonds is 5. The lowest BCUT2D eigenvalue weighted by Crippen LogP contribution is -2.27. The molecule has 3 aromatic carbocycles. The van der Waals surface area contributed by atoms with Crippen molar-refractivity contribution < 1.29 is 9.59 Å². The van der Waals surface area contributed by atoms with Gasteiger partial charge in [0.15, 0.2) is 0 Å². The number of benzene rings is 3. The molecule has 5 rings (SSSR count). The van der Waals surface area contributed by atoms with Gasteiger partial charge < -0.3 is 4.57 Å². The van der Waals surface area contributed by atoms with Crippen LogP contribution >= 0.6 is 50.9 Å². The van der Waals surface area contributed by atoms with E-state index in [-0.39, 0.29) is 17.7 Å². The molecule has 0 N–H and O–H groups in total. The van der Waals surface area contributed by atoms with Gasteiger partial charge in [-0.2, -0.15) is 0 Å². The highest BCUT2D eigenvalue weighted by atomic mass is 79.9. The molecule has 4 nitrogen and oxygen atoms in total. The van der Waals surface area contributed by atoms with Crippen LogP contribution < -0.4 is 0 Å². The first-order valence-electron chi connectivity index (χ1n) is 10.4.